The molecule has 2 rings (SSSR count). The van der Waals surface area contributed by atoms with Gasteiger partial charge in [-0.3, -0.25) is 10.2 Å². The number of hydrogen-bond donors (Lipinski definition) is 2. The molecule has 0 bridgehead atoms. The fraction of sp³-hybridized carbons (Fsp3) is 0.364. The van der Waals surface area contributed by atoms with Crippen molar-refractivity contribution in [2.45, 2.75) is 18.3 Å². The number of hydrazine groups is 1. The predicted octanol–water partition coefficient (Wildman–Crippen LogP) is 2.28. The van der Waals surface area contributed by atoms with Crippen LogP contribution in [0.15, 0.2) is 18.2 Å². The Bertz CT molecular complexity index is 430. The quantitative estimate of drug-likeness (QED) is 0.817. The lowest BCUT2D eigenvalue weighted by Gasteiger charge is -2.15. The summed E-state index contributed by atoms with van der Waals surface area (Å²) >= 11 is 11.8. The molecule has 0 spiro atoms. The van der Waals surface area contributed by atoms with Gasteiger partial charge < -0.3 is 0 Å². The molecule has 5 heteroatoms. The molecule has 1 aliphatic carbocycles. The van der Waals surface area contributed by atoms with Gasteiger partial charge >= 0.3 is 0 Å². The Labute approximate surface area is 104 Å². The maximum atomic E-state index is 11.9. The van der Waals surface area contributed by atoms with Gasteiger partial charge in [0.05, 0.1) is 15.5 Å². The summed E-state index contributed by atoms with van der Waals surface area (Å²) in [6.45, 7) is 0. The highest BCUT2D eigenvalue weighted by Crippen LogP contribution is 2.49. The molecular weight excluding hydrogens is 247 g/mol. The molecule has 1 aromatic carbocycles. The highest BCUT2D eigenvalue weighted by atomic mass is 35.5. The number of carbonyl (C=O) groups is 1. The Morgan fingerprint density at radius 2 is 2.00 bits per heavy atom. The minimum absolute atomic E-state index is 0.0200. The van der Waals surface area contributed by atoms with Gasteiger partial charge in [-0.1, -0.05) is 29.3 Å². The van der Waals surface area contributed by atoms with E-state index in [2.05, 4.69) is 10.9 Å². The third-order valence-electron chi connectivity index (χ3n) is 2.90. The molecular formula is C11H12Cl2N2O. The van der Waals surface area contributed by atoms with Gasteiger partial charge in [-0.05, 0) is 30.5 Å². The van der Waals surface area contributed by atoms with E-state index in [9.17, 15) is 4.79 Å². The van der Waals surface area contributed by atoms with Crippen LogP contribution in [0.4, 0.5) is 0 Å². The van der Waals surface area contributed by atoms with Gasteiger partial charge in [-0.15, -0.1) is 0 Å². The summed E-state index contributed by atoms with van der Waals surface area (Å²) in [5.41, 5.74) is 5.77. The summed E-state index contributed by atoms with van der Waals surface area (Å²) in [7, 11) is 1.67. The summed E-state index contributed by atoms with van der Waals surface area (Å²) in [6.07, 6.45) is 1.69. The van der Waals surface area contributed by atoms with Gasteiger partial charge in [-0.2, -0.15) is 0 Å². The van der Waals surface area contributed by atoms with Crippen LogP contribution in [-0.4, -0.2) is 13.0 Å². The lowest BCUT2D eigenvalue weighted by molar-refractivity contribution is -0.124. The van der Waals surface area contributed by atoms with Crippen LogP contribution in [0.5, 0.6) is 0 Å². The van der Waals surface area contributed by atoms with Gasteiger partial charge in [0.15, 0.2) is 0 Å². The molecule has 1 saturated carbocycles. The molecule has 86 valence electrons. The number of halogens is 2. The minimum Gasteiger partial charge on any atom is -0.291 e. The molecule has 1 aromatic rings. The Balaban J connectivity index is 2.30. The Hall–Kier alpha value is -0.770. The van der Waals surface area contributed by atoms with Gasteiger partial charge in [0.25, 0.3) is 0 Å². The Kier molecular flexibility index (Phi) is 3.10. The number of benzene rings is 1. The normalized spacial score (nSPS) is 16.9. The van der Waals surface area contributed by atoms with E-state index in [1.165, 1.54) is 0 Å². The van der Waals surface area contributed by atoms with Crippen molar-refractivity contribution >= 4 is 29.1 Å². The second kappa shape index (κ2) is 4.24. The summed E-state index contributed by atoms with van der Waals surface area (Å²) < 4.78 is 0. The first kappa shape index (κ1) is 11.7. The molecule has 2 N–H and O–H groups in total. The third kappa shape index (κ3) is 1.90. The molecule has 0 aromatic heterocycles. The third-order valence-corrected chi connectivity index (χ3v) is 3.63. The molecule has 3 nitrogen and oxygen atoms in total. The van der Waals surface area contributed by atoms with Crippen molar-refractivity contribution in [2.24, 2.45) is 0 Å². The van der Waals surface area contributed by atoms with Gasteiger partial charge in [0, 0.05) is 7.05 Å². The number of nitrogens with one attached hydrogen (secondary N) is 2. The molecule has 0 atom stereocenters. The summed E-state index contributed by atoms with van der Waals surface area (Å²) in [6, 6.07) is 5.36. The van der Waals surface area contributed by atoms with Gasteiger partial charge in [-0.25, -0.2) is 5.43 Å². The Morgan fingerprint density at radius 1 is 1.31 bits per heavy atom. The molecule has 0 aliphatic heterocycles. The maximum Gasteiger partial charge on any atom is 0.244 e. The average molecular weight is 259 g/mol. The monoisotopic (exact) mass is 258 g/mol. The van der Waals surface area contributed by atoms with Crippen molar-refractivity contribution in [2.75, 3.05) is 7.05 Å². The maximum absolute atomic E-state index is 11.9. The smallest absolute Gasteiger partial charge is 0.244 e. The van der Waals surface area contributed by atoms with Crippen molar-refractivity contribution in [3.63, 3.8) is 0 Å². The fourth-order valence-corrected chi connectivity index (χ4v) is 2.10. The first-order valence-corrected chi connectivity index (χ1v) is 5.78. The summed E-state index contributed by atoms with van der Waals surface area (Å²) in [4.78, 5) is 11.9. The summed E-state index contributed by atoms with van der Waals surface area (Å²) in [5.74, 6) is -0.0200. The Morgan fingerprint density at radius 3 is 2.50 bits per heavy atom. The SMILES string of the molecule is CNNC(=O)C1(c2ccc(Cl)c(Cl)c2)CC1. The number of amides is 1. The van der Waals surface area contributed by atoms with Crippen molar-refractivity contribution in [3.05, 3.63) is 33.8 Å². The second-order valence-electron chi connectivity index (χ2n) is 3.92. The minimum atomic E-state index is -0.419. The van der Waals surface area contributed by atoms with Crippen molar-refractivity contribution in [3.8, 4) is 0 Å². The zero-order valence-electron chi connectivity index (χ0n) is 8.81. The van der Waals surface area contributed by atoms with Crippen molar-refractivity contribution in [1.29, 1.82) is 0 Å². The van der Waals surface area contributed by atoms with Crippen LogP contribution < -0.4 is 10.9 Å². The molecule has 1 fully saturated rings. The zero-order chi connectivity index (χ0) is 11.8. The standard InChI is InChI=1S/C11H12Cl2N2O/c1-14-15-10(16)11(4-5-11)7-2-3-8(12)9(13)6-7/h2-3,6,14H,4-5H2,1H3,(H,15,16). The highest BCUT2D eigenvalue weighted by Gasteiger charge is 2.51. The molecule has 1 amide bonds. The average Bonchev–Trinajstić information content (AvgIpc) is 3.03. The van der Waals surface area contributed by atoms with Crippen LogP contribution in [0.25, 0.3) is 0 Å². The zero-order valence-corrected chi connectivity index (χ0v) is 10.3. The summed E-state index contributed by atoms with van der Waals surface area (Å²) in [5, 5.41) is 0.998. The van der Waals surface area contributed by atoms with E-state index in [-0.39, 0.29) is 5.91 Å². The van der Waals surface area contributed by atoms with Crippen molar-refractivity contribution < 1.29 is 4.79 Å². The predicted molar refractivity (Wildman–Crippen MR) is 64.6 cm³/mol. The van der Waals surface area contributed by atoms with Gasteiger partial charge in [0.1, 0.15) is 0 Å². The lowest BCUT2D eigenvalue weighted by Crippen LogP contribution is -2.41. The van der Waals surface area contributed by atoms with Crippen LogP contribution >= 0.6 is 23.2 Å². The fourth-order valence-electron chi connectivity index (χ4n) is 1.80. The molecule has 0 unspecified atom stereocenters. The van der Waals surface area contributed by atoms with E-state index in [0.717, 1.165) is 18.4 Å². The van der Waals surface area contributed by atoms with E-state index < -0.39 is 5.41 Å². The first-order valence-electron chi connectivity index (χ1n) is 5.03. The van der Waals surface area contributed by atoms with Crippen molar-refractivity contribution in [1.82, 2.24) is 10.9 Å². The molecule has 16 heavy (non-hydrogen) atoms. The largest absolute Gasteiger partial charge is 0.291 e. The molecule has 0 saturated heterocycles. The van der Waals surface area contributed by atoms with E-state index in [4.69, 9.17) is 23.2 Å². The number of hydrogen-bond acceptors (Lipinski definition) is 2. The van der Waals surface area contributed by atoms with Crippen LogP contribution in [-0.2, 0) is 10.2 Å². The number of carbonyl (C=O) groups excluding carboxylic acids is 1. The van der Waals surface area contributed by atoms with Crippen LogP contribution in [0.3, 0.4) is 0 Å². The van der Waals surface area contributed by atoms with E-state index >= 15 is 0 Å². The van der Waals surface area contributed by atoms with E-state index in [0.29, 0.717) is 10.0 Å². The highest BCUT2D eigenvalue weighted by molar-refractivity contribution is 6.42. The first-order chi connectivity index (χ1) is 7.60. The van der Waals surface area contributed by atoms with Crippen LogP contribution in [0.1, 0.15) is 18.4 Å². The molecule has 0 heterocycles. The molecule has 0 radical (unpaired) electrons. The van der Waals surface area contributed by atoms with E-state index in [1.807, 2.05) is 6.07 Å². The molecule has 1 aliphatic rings. The lowest BCUT2D eigenvalue weighted by atomic mass is 9.95. The van der Waals surface area contributed by atoms with E-state index in [1.54, 1.807) is 19.2 Å². The topological polar surface area (TPSA) is 41.1 Å². The van der Waals surface area contributed by atoms with Crippen LogP contribution in [0, 0.1) is 0 Å². The van der Waals surface area contributed by atoms with Gasteiger partial charge in [0.2, 0.25) is 5.91 Å². The van der Waals surface area contributed by atoms with Crippen LogP contribution in [0.2, 0.25) is 10.0 Å². The second-order valence-corrected chi connectivity index (χ2v) is 4.73. The number of rotatable bonds is 3.